The third kappa shape index (κ3) is 6.68. The second kappa shape index (κ2) is 11.5. The van der Waals surface area contributed by atoms with Gasteiger partial charge in [0.1, 0.15) is 0 Å². The van der Waals surface area contributed by atoms with Crippen LogP contribution in [-0.4, -0.2) is 45.5 Å². The third-order valence-electron chi connectivity index (χ3n) is 7.51. The standard InChI is InChI=1S/C32H32F3NO5/c1-31(2,3)23-13-14-24-26(18-23)29(39)36(28(24)38)17-16-25(30(40)41)27(37)15-6-19-4-7-20(8-5-19)21-9-11-22(12-10-21)32(33,34)35/h4-5,7-14,18,25,27,37H,6,15-17H2,1-3H3,(H,40,41)/t25-,27-/m1/s1. The minimum atomic E-state index is -4.41. The normalized spacial score (nSPS) is 15.1. The van der Waals surface area contributed by atoms with Crippen molar-refractivity contribution in [1.82, 2.24) is 4.90 Å². The zero-order chi connectivity index (χ0) is 30.1. The number of alkyl halides is 3. The highest BCUT2D eigenvalue weighted by Crippen LogP contribution is 2.32. The molecule has 9 heteroatoms. The molecule has 1 heterocycles. The van der Waals surface area contributed by atoms with Gasteiger partial charge in [0, 0.05) is 6.54 Å². The molecule has 0 spiro atoms. The minimum absolute atomic E-state index is 0.0963. The lowest BCUT2D eigenvalue weighted by molar-refractivity contribution is -0.146. The van der Waals surface area contributed by atoms with Crippen molar-refractivity contribution in [3.05, 3.63) is 94.5 Å². The molecule has 216 valence electrons. The summed E-state index contributed by atoms with van der Waals surface area (Å²) in [5.74, 6) is -3.35. The van der Waals surface area contributed by atoms with Crippen molar-refractivity contribution < 1.29 is 37.8 Å². The first-order valence-electron chi connectivity index (χ1n) is 13.3. The van der Waals surface area contributed by atoms with Gasteiger partial charge in [0.2, 0.25) is 0 Å². The number of aliphatic hydroxyl groups excluding tert-OH is 1. The van der Waals surface area contributed by atoms with E-state index in [1.165, 1.54) is 12.1 Å². The molecule has 41 heavy (non-hydrogen) atoms. The number of carbonyl (C=O) groups excluding carboxylic acids is 2. The van der Waals surface area contributed by atoms with E-state index in [2.05, 4.69) is 0 Å². The molecule has 2 N–H and O–H groups in total. The Morgan fingerprint density at radius 3 is 1.88 bits per heavy atom. The van der Waals surface area contributed by atoms with E-state index >= 15 is 0 Å². The number of rotatable bonds is 9. The van der Waals surface area contributed by atoms with Crippen molar-refractivity contribution >= 4 is 17.8 Å². The number of hydrogen-bond donors (Lipinski definition) is 2. The van der Waals surface area contributed by atoms with Crippen LogP contribution >= 0.6 is 0 Å². The minimum Gasteiger partial charge on any atom is -0.481 e. The summed E-state index contributed by atoms with van der Waals surface area (Å²) in [6.45, 7) is 5.87. The second-order valence-corrected chi connectivity index (χ2v) is 11.4. The molecule has 1 aliphatic rings. The van der Waals surface area contributed by atoms with Gasteiger partial charge in [-0.05, 0) is 71.2 Å². The molecule has 0 aliphatic carbocycles. The summed E-state index contributed by atoms with van der Waals surface area (Å²) in [6, 6.07) is 17.1. The van der Waals surface area contributed by atoms with Crippen molar-refractivity contribution in [2.75, 3.05) is 6.54 Å². The van der Waals surface area contributed by atoms with Crippen LogP contribution < -0.4 is 0 Å². The van der Waals surface area contributed by atoms with E-state index in [-0.39, 0.29) is 30.4 Å². The maximum atomic E-state index is 13.0. The number of aliphatic hydroxyl groups is 1. The van der Waals surface area contributed by atoms with Crippen LogP contribution in [0, 0.1) is 5.92 Å². The Kier molecular flexibility index (Phi) is 8.40. The summed E-state index contributed by atoms with van der Waals surface area (Å²) >= 11 is 0. The molecular formula is C32H32F3NO5. The summed E-state index contributed by atoms with van der Waals surface area (Å²) in [6.07, 6.45) is -5.22. The molecule has 0 saturated heterocycles. The first-order valence-corrected chi connectivity index (χ1v) is 13.3. The van der Waals surface area contributed by atoms with Gasteiger partial charge < -0.3 is 10.2 Å². The number of hydrogen-bond acceptors (Lipinski definition) is 4. The van der Waals surface area contributed by atoms with E-state index in [1.54, 1.807) is 36.4 Å². The van der Waals surface area contributed by atoms with Crippen molar-refractivity contribution in [2.45, 2.75) is 57.7 Å². The number of carbonyl (C=O) groups is 3. The fourth-order valence-electron chi connectivity index (χ4n) is 4.94. The number of nitrogens with zero attached hydrogens (tertiary/aromatic N) is 1. The Morgan fingerprint density at radius 2 is 1.34 bits per heavy atom. The Balaban J connectivity index is 1.35. The quantitative estimate of drug-likeness (QED) is 0.294. The average molecular weight is 568 g/mol. The molecule has 0 bridgehead atoms. The van der Waals surface area contributed by atoms with Crippen molar-refractivity contribution in [3.8, 4) is 11.1 Å². The maximum Gasteiger partial charge on any atom is 0.416 e. The Morgan fingerprint density at radius 1 is 0.805 bits per heavy atom. The van der Waals surface area contributed by atoms with Gasteiger partial charge in [-0.2, -0.15) is 13.2 Å². The molecule has 4 rings (SSSR count). The number of aliphatic carboxylic acids is 1. The molecule has 3 aromatic rings. The SMILES string of the molecule is CC(C)(C)c1ccc2c(c1)C(=O)N(CC[C@@H](C(=O)O)[C@H](O)CCc1ccc(-c3ccc(C(F)(F)F)cc3)cc1)C2=O. The molecule has 2 atom stereocenters. The number of aryl methyl sites for hydroxylation is 1. The monoisotopic (exact) mass is 567 g/mol. The van der Waals surface area contributed by atoms with Crippen LogP contribution in [0.4, 0.5) is 13.2 Å². The van der Waals surface area contributed by atoms with E-state index in [4.69, 9.17) is 0 Å². The van der Waals surface area contributed by atoms with Gasteiger partial charge in [-0.1, -0.05) is 63.2 Å². The number of benzene rings is 3. The van der Waals surface area contributed by atoms with Gasteiger partial charge in [-0.3, -0.25) is 19.3 Å². The number of carboxylic acids is 1. The Hall–Kier alpha value is -3.98. The number of amides is 2. The van der Waals surface area contributed by atoms with Crippen LogP contribution in [0.3, 0.4) is 0 Å². The van der Waals surface area contributed by atoms with E-state index in [0.717, 1.165) is 33.7 Å². The van der Waals surface area contributed by atoms with Gasteiger partial charge >= 0.3 is 12.1 Å². The molecule has 0 radical (unpaired) electrons. The molecule has 0 unspecified atom stereocenters. The van der Waals surface area contributed by atoms with Crippen LogP contribution in [0.1, 0.15) is 71.0 Å². The highest BCUT2D eigenvalue weighted by molar-refractivity contribution is 6.21. The summed E-state index contributed by atoms with van der Waals surface area (Å²) in [7, 11) is 0. The van der Waals surface area contributed by atoms with E-state index in [9.17, 15) is 37.8 Å². The van der Waals surface area contributed by atoms with Crippen molar-refractivity contribution in [2.24, 2.45) is 5.92 Å². The number of imide groups is 1. The van der Waals surface area contributed by atoms with Crippen LogP contribution in [0.5, 0.6) is 0 Å². The van der Waals surface area contributed by atoms with E-state index in [0.29, 0.717) is 17.5 Å². The smallest absolute Gasteiger partial charge is 0.416 e. The van der Waals surface area contributed by atoms with E-state index in [1.807, 2.05) is 26.8 Å². The zero-order valence-electron chi connectivity index (χ0n) is 23.0. The topological polar surface area (TPSA) is 94.9 Å². The lowest BCUT2D eigenvalue weighted by atomic mass is 9.85. The summed E-state index contributed by atoms with van der Waals surface area (Å²) in [4.78, 5) is 38.9. The first-order chi connectivity index (χ1) is 19.2. The molecule has 1 aliphatic heterocycles. The molecule has 2 amide bonds. The summed E-state index contributed by atoms with van der Waals surface area (Å²) in [5.41, 5.74) is 2.72. The first kappa shape index (κ1) is 30.0. The zero-order valence-corrected chi connectivity index (χ0v) is 23.0. The van der Waals surface area contributed by atoms with Gasteiger partial charge in [0.25, 0.3) is 11.8 Å². The number of fused-ring (bicyclic) bond motifs is 1. The molecule has 0 fully saturated rings. The summed E-state index contributed by atoms with van der Waals surface area (Å²) in [5, 5.41) is 20.5. The fourth-order valence-corrected chi connectivity index (χ4v) is 4.94. The maximum absolute atomic E-state index is 13.0. The van der Waals surface area contributed by atoms with Crippen molar-refractivity contribution in [1.29, 1.82) is 0 Å². The van der Waals surface area contributed by atoms with E-state index < -0.39 is 41.5 Å². The number of carboxylic acid groups (broad SMARTS) is 1. The van der Waals surface area contributed by atoms with Gasteiger partial charge in [-0.15, -0.1) is 0 Å². The van der Waals surface area contributed by atoms with Crippen LogP contribution in [0.15, 0.2) is 66.7 Å². The predicted octanol–water partition coefficient (Wildman–Crippen LogP) is 6.35. The van der Waals surface area contributed by atoms with Crippen LogP contribution in [-0.2, 0) is 22.8 Å². The van der Waals surface area contributed by atoms with Crippen molar-refractivity contribution in [3.63, 3.8) is 0 Å². The fraction of sp³-hybridized carbons (Fsp3) is 0.344. The molecule has 6 nitrogen and oxygen atoms in total. The molecule has 0 saturated carbocycles. The average Bonchev–Trinajstić information content (AvgIpc) is 3.15. The van der Waals surface area contributed by atoms with Crippen LogP contribution in [0.2, 0.25) is 0 Å². The number of halogens is 3. The molecule has 0 aromatic heterocycles. The lowest BCUT2D eigenvalue weighted by Crippen LogP contribution is -2.36. The van der Waals surface area contributed by atoms with Crippen LogP contribution in [0.25, 0.3) is 11.1 Å². The Labute approximate surface area is 236 Å². The molecule has 3 aromatic carbocycles. The highest BCUT2D eigenvalue weighted by Gasteiger charge is 2.38. The molecular weight excluding hydrogens is 535 g/mol. The van der Waals surface area contributed by atoms with Gasteiger partial charge in [-0.25, -0.2) is 0 Å². The summed E-state index contributed by atoms with van der Waals surface area (Å²) < 4.78 is 38.4. The Bertz CT molecular complexity index is 1440. The predicted molar refractivity (Wildman–Crippen MR) is 147 cm³/mol. The third-order valence-corrected chi connectivity index (χ3v) is 7.51. The largest absolute Gasteiger partial charge is 0.481 e. The highest BCUT2D eigenvalue weighted by atomic mass is 19.4. The lowest BCUT2D eigenvalue weighted by Gasteiger charge is -2.22. The second-order valence-electron chi connectivity index (χ2n) is 11.4. The van der Waals surface area contributed by atoms with Gasteiger partial charge in [0.05, 0.1) is 28.7 Å². The van der Waals surface area contributed by atoms with Gasteiger partial charge in [0.15, 0.2) is 0 Å².